The second kappa shape index (κ2) is 3.97. The molecule has 0 aromatic heterocycles. The molecule has 1 spiro atoms. The van der Waals surface area contributed by atoms with E-state index in [1.165, 1.54) is 44.9 Å². The van der Waals surface area contributed by atoms with Crippen LogP contribution in [0.4, 0.5) is 0 Å². The van der Waals surface area contributed by atoms with Crippen LogP contribution in [0.1, 0.15) is 44.9 Å². The standard InChI is InChI=1S/C11H21NO/c1-12-9-10-5-4-8-11(13-10)6-2-3-7-11/h10,12H,2-9H2,1H3. The quantitative estimate of drug-likeness (QED) is 0.707. The smallest absolute Gasteiger partial charge is 0.0706 e. The summed E-state index contributed by atoms with van der Waals surface area (Å²) in [7, 11) is 2.01. The average molecular weight is 183 g/mol. The van der Waals surface area contributed by atoms with Crippen molar-refractivity contribution < 1.29 is 4.74 Å². The van der Waals surface area contributed by atoms with Gasteiger partial charge in [-0.05, 0) is 39.2 Å². The molecule has 0 aromatic rings. The summed E-state index contributed by atoms with van der Waals surface area (Å²) in [4.78, 5) is 0. The molecule has 2 nitrogen and oxygen atoms in total. The third-order valence-electron chi connectivity index (χ3n) is 3.52. The molecule has 1 N–H and O–H groups in total. The maximum absolute atomic E-state index is 6.21. The van der Waals surface area contributed by atoms with Crippen molar-refractivity contribution in [2.45, 2.75) is 56.7 Å². The molecular formula is C11H21NO. The van der Waals surface area contributed by atoms with E-state index in [0.29, 0.717) is 11.7 Å². The first kappa shape index (κ1) is 9.47. The van der Waals surface area contributed by atoms with E-state index in [-0.39, 0.29) is 0 Å². The van der Waals surface area contributed by atoms with Gasteiger partial charge in [0.25, 0.3) is 0 Å². The van der Waals surface area contributed by atoms with Gasteiger partial charge in [-0.2, -0.15) is 0 Å². The van der Waals surface area contributed by atoms with Crippen LogP contribution >= 0.6 is 0 Å². The maximum atomic E-state index is 6.21. The van der Waals surface area contributed by atoms with Crippen molar-refractivity contribution in [1.29, 1.82) is 0 Å². The Balaban J connectivity index is 1.90. The minimum Gasteiger partial charge on any atom is -0.370 e. The summed E-state index contributed by atoms with van der Waals surface area (Å²) in [5.74, 6) is 0. The van der Waals surface area contributed by atoms with Crippen LogP contribution in [-0.4, -0.2) is 25.3 Å². The first-order valence-electron chi connectivity index (χ1n) is 5.67. The van der Waals surface area contributed by atoms with Crippen molar-refractivity contribution in [3.8, 4) is 0 Å². The van der Waals surface area contributed by atoms with Crippen molar-refractivity contribution in [2.75, 3.05) is 13.6 Å². The van der Waals surface area contributed by atoms with Crippen LogP contribution in [0, 0.1) is 0 Å². The van der Waals surface area contributed by atoms with Gasteiger partial charge in [0.1, 0.15) is 0 Å². The molecule has 1 atom stereocenters. The van der Waals surface area contributed by atoms with Crippen molar-refractivity contribution in [1.82, 2.24) is 5.32 Å². The molecule has 1 aliphatic heterocycles. The van der Waals surface area contributed by atoms with Crippen molar-refractivity contribution in [2.24, 2.45) is 0 Å². The lowest BCUT2D eigenvalue weighted by molar-refractivity contribution is -0.122. The van der Waals surface area contributed by atoms with E-state index in [0.717, 1.165) is 6.54 Å². The van der Waals surface area contributed by atoms with Crippen molar-refractivity contribution in [3.63, 3.8) is 0 Å². The van der Waals surface area contributed by atoms with E-state index >= 15 is 0 Å². The number of nitrogens with one attached hydrogen (secondary N) is 1. The summed E-state index contributed by atoms with van der Waals surface area (Å²) in [6.45, 7) is 1.03. The zero-order valence-corrected chi connectivity index (χ0v) is 8.64. The van der Waals surface area contributed by atoms with Gasteiger partial charge in [0.2, 0.25) is 0 Å². The van der Waals surface area contributed by atoms with Gasteiger partial charge in [0.05, 0.1) is 11.7 Å². The van der Waals surface area contributed by atoms with Crippen molar-refractivity contribution >= 4 is 0 Å². The third kappa shape index (κ3) is 2.05. The fourth-order valence-electron chi connectivity index (χ4n) is 2.88. The summed E-state index contributed by atoms with van der Waals surface area (Å²) in [5, 5.41) is 3.22. The molecule has 0 radical (unpaired) electrons. The first-order chi connectivity index (χ1) is 6.35. The van der Waals surface area contributed by atoms with Crippen LogP contribution in [0.2, 0.25) is 0 Å². The molecule has 0 amide bonds. The Morgan fingerprint density at radius 2 is 1.92 bits per heavy atom. The fourth-order valence-corrected chi connectivity index (χ4v) is 2.88. The molecule has 0 aromatic carbocycles. The molecule has 1 heterocycles. The summed E-state index contributed by atoms with van der Waals surface area (Å²) in [6, 6.07) is 0. The molecule has 1 saturated carbocycles. The molecule has 76 valence electrons. The van der Waals surface area contributed by atoms with Crippen LogP contribution in [0.15, 0.2) is 0 Å². The molecule has 2 fully saturated rings. The monoisotopic (exact) mass is 183 g/mol. The molecule has 0 bridgehead atoms. The van der Waals surface area contributed by atoms with Crippen LogP contribution in [-0.2, 0) is 4.74 Å². The number of rotatable bonds is 2. The van der Waals surface area contributed by atoms with Crippen LogP contribution in [0.5, 0.6) is 0 Å². The second-order valence-electron chi connectivity index (χ2n) is 4.58. The largest absolute Gasteiger partial charge is 0.370 e. The summed E-state index contributed by atoms with van der Waals surface area (Å²) in [6.07, 6.45) is 9.80. The lowest BCUT2D eigenvalue weighted by atomic mass is 9.90. The Labute approximate surface area is 81.0 Å². The van der Waals surface area contributed by atoms with Gasteiger partial charge in [0.15, 0.2) is 0 Å². The van der Waals surface area contributed by atoms with E-state index in [1.807, 2.05) is 7.05 Å². The van der Waals surface area contributed by atoms with E-state index < -0.39 is 0 Å². The van der Waals surface area contributed by atoms with Gasteiger partial charge in [0, 0.05) is 6.54 Å². The second-order valence-corrected chi connectivity index (χ2v) is 4.58. The van der Waals surface area contributed by atoms with Gasteiger partial charge in [-0.25, -0.2) is 0 Å². The molecule has 13 heavy (non-hydrogen) atoms. The molecule has 1 unspecified atom stereocenters. The minimum absolute atomic E-state index is 0.305. The number of likely N-dealkylation sites (N-methyl/N-ethyl adjacent to an activating group) is 1. The average Bonchev–Trinajstić information content (AvgIpc) is 2.54. The highest BCUT2D eigenvalue weighted by Crippen LogP contribution is 2.41. The number of ether oxygens (including phenoxy) is 1. The van der Waals surface area contributed by atoms with Gasteiger partial charge < -0.3 is 10.1 Å². The number of hydrogen-bond donors (Lipinski definition) is 1. The SMILES string of the molecule is CNCC1CCCC2(CCCC2)O1. The van der Waals surface area contributed by atoms with Crippen LogP contribution < -0.4 is 5.32 Å². The lowest BCUT2D eigenvalue weighted by Crippen LogP contribution is -2.42. The van der Waals surface area contributed by atoms with Crippen molar-refractivity contribution in [3.05, 3.63) is 0 Å². The zero-order valence-electron chi connectivity index (χ0n) is 8.64. The van der Waals surface area contributed by atoms with Gasteiger partial charge in [-0.3, -0.25) is 0 Å². The van der Waals surface area contributed by atoms with Gasteiger partial charge in [-0.1, -0.05) is 12.8 Å². The maximum Gasteiger partial charge on any atom is 0.0706 e. The summed E-state index contributed by atoms with van der Waals surface area (Å²) < 4.78 is 6.21. The molecule has 1 aliphatic carbocycles. The highest BCUT2D eigenvalue weighted by Gasteiger charge is 2.39. The Hall–Kier alpha value is -0.0800. The Morgan fingerprint density at radius 3 is 2.62 bits per heavy atom. The predicted octanol–water partition coefficient (Wildman–Crippen LogP) is 2.09. The predicted molar refractivity (Wildman–Crippen MR) is 53.8 cm³/mol. The Bertz CT molecular complexity index is 161. The minimum atomic E-state index is 0.305. The van der Waals surface area contributed by atoms with Crippen LogP contribution in [0.3, 0.4) is 0 Å². The molecule has 2 aliphatic rings. The molecule has 2 rings (SSSR count). The normalized spacial score (nSPS) is 32.5. The highest BCUT2D eigenvalue weighted by molar-refractivity contribution is 4.90. The lowest BCUT2D eigenvalue weighted by Gasteiger charge is -2.38. The zero-order chi connectivity index (χ0) is 9.15. The van der Waals surface area contributed by atoms with Gasteiger partial charge in [-0.15, -0.1) is 0 Å². The van der Waals surface area contributed by atoms with E-state index in [2.05, 4.69) is 5.32 Å². The van der Waals surface area contributed by atoms with E-state index in [1.54, 1.807) is 0 Å². The van der Waals surface area contributed by atoms with E-state index in [9.17, 15) is 0 Å². The number of hydrogen-bond acceptors (Lipinski definition) is 2. The third-order valence-corrected chi connectivity index (χ3v) is 3.52. The molecule has 2 heteroatoms. The van der Waals surface area contributed by atoms with Gasteiger partial charge >= 0.3 is 0 Å². The summed E-state index contributed by atoms with van der Waals surface area (Å²) >= 11 is 0. The Morgan fingerprint density at radius 1 is 1.23 bits per heavy atom. The van der Waals surface area contributed by atoms with Crippen LogP contribution in [0.25, 0.3) is 0 Å². The van der Waals surface area contributed by atoms with E-state index in [4.69, 9.17) is 4.74 Å². The Kier molecular flexibility index (Phi) is 2.89. The highest BCUT2D eigenvalue weighted by atomic mass is 16.5. The summed E-state index contributed by atoms with van der Waals surface area (Å²) in [5.41, 5.74) is 0.305. The first-order valence-corrected chi connectivity index (χ1v) is 5.67. The topological polar surface area (TPSA) is 21.3 Å². The fraction of sp³-hybridized carbons (Fsp3) is 1.00. The molecular weight excluding hydrogens is 162 g/mol. The molecule has 1 saturated heterocycles.